The molecule has 1 heterocycles. The molecule has 0 aliphatic carbocycles. The number of fused-ring (bicyclic) bond motifs is 1. The Hall–Kier alpha value is -2.09. The van der Waals surface area contributed by atoms with Gasteiger partial charge in [0.2, 0.25) is 5.69 Å². The molecule has 0 spiro atoms. The number of alkyl halides is 3. The van der Waals surface area contributed by atoms with E-state index in [1.54, 1.807) is 0 Å². The van der Waals surface area contributed by atoms with Crippen molar-refractivity contribution < 1.29 is 18.3 Å². The van der Waals surface area contributed by atoms with E-state index in [9.17, 15) is 28.0 Å². The van der Waals surface area contributed by atoms with Crippen molar-refractivity contribution in [2.75, 3.05) is 0 Å². The van der Waals surface area contributed by atoms with E-state index in [1.807, 2.05) is 4.98 Å². The Morgan fingerprint density at radius 3 is 2.47 bits per heavy atom. The summed E-state index contributed by atoms with van der Waals surface area (Å²) in [6, 6.07) is 1.19. The predicted octanol–water partition coefficient (Wildman–Crippen LogP) is 3.30. The Labute approximate surface area is 107 Å². The van der Waals surface area contributed by atoms with Crippen LogP contribution in [-0.4, -0.2) is 10.1 Å². The summed E-state index contributed by atoms with van der Waals surface area (Å²) in [5, 5.41) is 11.2. The van der Waals surface area contributed by atoms with E-state index in [1.165, 1.54) is 0 Å². The van der Waals surface area contributed by atoms with Crippen molar-refractivity contribution in [2.24, 2.45) is 5.18 Å². The Kier molecular flexibility index (Phi) is 2.97. The molecule has 2 aromatic rings. The summed E-state index contributed by atoms with van der Waals surface area (Å²) >= 11 is 5.63. The molecule has 0 saturated carbocycles. The first-order chi connectivity index (χ1) is 8.75. The van der Waals surface area contributed by atoms with Gasteiger partial charge in [-0.3, -0.25) is 4.79 Å². The molecule has 19 heavy (non-hydrogen) atoms. The van der Waals surface area contributed by atoms with Gasteiger partial charge in [0.1, 0.15) is 0 Å². The summed E-state index contributed by atoms with van der Waals surface area (Å²) in [5.74, 6) is -0.854. The maximum absolute atomic E-state index is 12.6. The molecular formula is C10H4ClF3N2O3. The van der Waals surface area contributed by atoms with Crippen LogP contribution in [0.5, 0.6) is 5.75 Å². The van der Waals surface area contributed by atoms with E-state index in [0.29, 0.717) is 12.1 Å². The quantitative estimate of drug-likeness (QED) is 0.791. The Balaban J connectivity index is 2.93. The number of nitrogens with zero attached hydrogens (tertiary/aromatic N) is 1. The molecule has 2 N–H and O–H groups in total. The molecule has 2 rings (SSSR count). The lowest BCUT2D eigenvalue weighted by molar-refractivity contribution is -0.137. The van der Waals surface area contributed by atoms with Gasteiger partial charge in [-0.15, -0.1) is 4.91 Å². The molecule has 0 amide bonds. The van der Waals surface area contributed by atoms with Crippen molar-refractivity contribution in [2.45, 2.75) is 6.18 Å². The number of aromatic nitrogens is 1. The van der Waals surface area contributed by atoms with Crippen molar-refractivity contribution in [3.05, 3.63) is 38.0 Å². The van der Waals surface area contributed by atoms with Crippen LogP contribution >= 0.6 is 11.6 Å². The average molecular weight is 293 g/mol. The van der Waals surface area contributed by atoms with Crippen LogP contribution in [0.2, 0.25) is 5.02 Å². The van der Waals surface area contributed by atoms with Crippen molar-refractivity contribution in [1.82, 2.24) is 4.98 Å². The minimum absolute atomic E-state index is 0.274. The first kappa shape index (κ1) is 13.3. The smallest absolute Gasteiger partial charge is 0.416 e. The van der Waals surface area contributed by atoms with Crippen LogP contribution in [0.3, 0.4) is 0 Å². The molecule has 0 saturated heterocycles. The summed E-state index contributed by atoms with van der Waals surface area (Å²) in [6.07, 6.45) is -4.66. The van der Waals surface area contributed by atoms with Gasteiger partial charge < -0.3 is 10.1 Å². The Bertz CT molecular complexity index is 739. The lowest BCUT2D eigenvalue weighted by atomic mass is 10.1. The largest absolute Gasteiger partial charge is 0.505 e. The highest BCUT2D eigenvalue weighted by Gasteiger charge is 2.32. The van der Waals surface area contributed by atoms with Crippen LogP contribution in [0.15, 0.2) is 22.1 Å². The molecule has 0 aliphatic rings. The molecule has 0 atom stereocenters. The minimum atomic E-state index is -4.66. The van der Waals surface area contributed by atoms with Crippen LogP contribution in [0.4, 0.5) is 18.9 Å². The number of rotatable bonds is 1. The molecule has 1 aromatic heterocycles. The lowest BCUT2D eigenvalue weighted by Gasteiger charge is -2.10. The molecule has 0 unspecified atom stereocenters. The fourth-order valence-electron chi connectivity index (χ4n) is 1.60. The van der Waals surface area contributed by atoms with Crippen LogP contribution < -0.4 is 5.56 Å². The molecule has 0 radical (unpaired) electrons. The number of nitroso groups, excluding NO2 is 1. The fourth-order valence-corrected chi connectivity index (χ4v) is 1.91. The topological polar surface area (TPSA) is 82.5 Å². The van der Waals surface area contributed by atoms with E-state index in [-0.39, 0.29) is 10.9 Å². The molecule has 100 valence electrons. The second-order valence-corrected chi connectivity index (χ2v) is 4.03. The lowest BCUT2D eigenvalue weighted by Crippen LogP contribution is -2.08. The van der Waals surface area contributed by atoms with Gasteiger partial charge in [-0.2, -0.15) is 13.2 Å². The first-order valence-corrected chi connectivity index (χ1v) is 5.12. The summed E-state index contributed by atoms with van der Waals surface area (Å²) in [6.45, 7) is 0. The number of benzene rings is 1. The SMILES string of the molecule is O=Nc1c(O)c2c(Cl)cc(C(F)(F)F)cc2[nH]c1=O. The van der Waals surface area contributed by atoms with Gasteiger partial charge in [0.15, 0.2) is 5.75 Å². The zero-order valence-electron chi connectivity index (χ0n) is 8.88. The van der Waals surface area contributed by atoms with Crippen molar-refractivity contribution in [3.8, 4) is 5.75 Å². The summed E-state index contributed by atoms with van der Waals surface area (Å²) in [4.78, 5) is 23.7. The molecule has 0 aliphatic heterocycles. The molecule has 9 heteroatoms. The number of aromatic amines is 1. The van der Waals surface area contributed by atoms with Crippen molar-refractivity contribution in [1.29, 1.82) is 0 Å². The third-order valence-corrected chi connectivity index (χ3v) is 2.73. The second kappa shape index (κ2) is 4.23. The monoisotopic (exact) mass is 292 g/mol. The highest BCUT2D eigenvalue weighted by Crippen LogP contribution is 2.39. The Morgan fingerprint density at radius 1 is 1.32 bits per heavy atom. The number of pyridine rings is 1. The number of aromatic hydroxyl groups is 1. The number of hydrogen-bond donors (Lipinski definition) is 2. The maximum Gasteiger partial charge on any atom is 0.416 e. The maximum atomic E-state index is 12.6. The standard InChI is InChI=1S/C10H4ClF3N2O3/c11-4-1-3(10(12,13)14)2-5-6(4)8(17)7(16-19)9(18)15-5/h1-2H,(H2,15,17,18). The Morgan fingerprint density at radius 2 is 1.95 bits per heavy atom. The van der Waals surface area contributed by atoms with Crippen molar-refractivity contribution in [3.63, 3.8) is 0 Å². The van der Waals surface area contributed by atoms with E-state index in [4.69, 9.17) is 11.6 Å². The number of H-pyrrole nitrogens is 1. The predicted molar refractivity (Wildman–Crippen MR) is 61.7 cm³/mol. The van der Waals surface area contributed by atoms with Crippen LogP contribution in [0, 0.1) is 4.91 Å². The first-order valence-electron chi connectivity index (χ1n) is 4.74. The van der Waals surface area contributed by atoms with Gasteiger partial charge >= 0.3 is 6.18 Å². The second-order valence-electron chi connectivity index (χ2n) is 3.62. The number of nitrogens with one attached hydrogen (secondary N) is 1. The van der Waals surface area contributed by atoms with Gasteiger partial charge in [0.05, 0.1) is 21.5 Å². The van der Waals surface area contributed by atoms with E-state index in [2.05, 4.69) is 5.18 Å². The molecule has 1 aromatic carbocycles. The summed E-state index contributed by atoms with van der Waals surface area (Å²) < 4.78 is 37.7. The van der Waals surface area contributed by atoms with Gasteiger partial charge in [0, 0.05) is 0 Å². The van der Waals surface area contributed by atoms with Crippen molar-refractivity contribution >= 4 is 28.2 Å². The fraction of sp³-hybridized carbons (Fsp3) is 0.100. The third-order valence-electron chi connectivity index (χ3n) is 2.43. The van der Waals surface area contributed by atoms with Crippen LogP contribution in [0.1, 0.15) is 5.56 Å². The third kappa shape index (κ3) is 2.14. The molecule has 5 nitrogen and oxygen atoms in total. The highest BCUT2D eigenvalue weighted by atomic mass is 35.5. The van der Waals surface area contributed by atoms with Gasteiger partial charge in [-0.05, 0) is 17.3 Å². The average Bonchev–Trinajstić information content (AvgIpc) is 2.26. The van der Waals surface area contributed by atoms with E-state index < -0.39 is 33.8 Å². The highest BCUT2D eigenvalue weighted by molar-refractivity contribution is 6.36. The van der Waals surface area contributed by atoms with E-state index in [0.717, 1.165) is 0 Å². The van der Waals surface area contributed by atoms with Gasteiger partial charge in [-0.1, -0.05) is 11.6 Å². The summed E-state index contributed by atoms with van der Waals surface area (Å²) in [5.41, 5.74) is -3.37. The van der Waals surface area contributed by atoms with Gasteiger partial charge in [0.25, 0.3) is 5.56 Å². The zero-order chi connectivity index (χ0) is 14.4. The minimum Gasteiger partial charge on any atom is -0.505 e. The van der Waals surface area contributed by atoms with Crippen LogP contribution in [0.25, 0.3) is 10.9 Å². The normalized spacial score (nSPS) is 11.8. The number of halogens is 4. The molecular weight excluding hydrogens is 289 g/mol. The zero-order valence-corrected chi connectivity index (χ0v) is 9.63. The molecule has 0 fully saturated rings. The van der Waals surface area contributed by atoms with Gasteiger partial charge in [-0.25, -0.2) is 0 Å². The van der Waals surface area contributed by atoms with E-state index >= 15 is 0 Å². The summed E-state index contributed by atoms with van der Waals surface area (Å²) in [7, 11) is 0. The molecule has 0 bridgehead atoms. The van der Waals surface area contributed by atoms with Crippen LogP contribution in [-0.2, 0) is 6.18 Å². The number of hydrogen-bond acceptors (Lipinski definition) is 4.